The van der Waals surface area contributed by atoms with E-state index < -0.39 is 17.7 Å². The molecule has 0 saturated heterocycles. The van der Waals surface area contributed by atoms with Crippen LogP contribution in [0.4, 0.5) is 0 Å². The highest BCUT2D eigenvalue weighted by Crippen LogP contribution is 2.17. The summed E-state index contributed by atoms with van der Waals surface area (Å²) in [4.78, 5) is 26.0. The van der Waals surface area contributed by atoms with Gasteiger partial charge in [-0.15, -0.1) is 0 Å². The fraction of sp³-hybridized carbons (Fsp3) is 0.250. The standard InChI is InChI=1S/C12H12N2O3/c1-2-17-12(16)11(10(15)8-14-13)9-6-4-3-5-7-9/h3-8,11H,2H2,1H3. The van der Waals surface area contributed by atoms with Gasteiger partial charge in [-0.05, 0) is 12.5 Å². The number of benzene rings is 1. The summed E-state index contributed by atoms with van der Waals surface area (Å²) in [5.74, 6) is -2.34. The number of carbonyl (C=O) groups excluding carboxylic acids is 2. The molecule has 0 bridgehead atoms. The van der Waals surface area contributed by atoms with Crippen molar-refractivity contribution in [3.63, 3.8) is 0 Å². The third-order valence-corrected chi connectivity index (χ3v) is 2.12. The highest BCUT2D eigenvalue weighted by Gasteiger charge is 2.30. The van der Waals surface area contributed by atoms with Gasteiger partial charge in [0, 0.05) is 0 Å². The first-order valence-electron chi connectivity index (χ1n) is 5.13. The molecule has 0 amide bonds. The van der Waals surface area contributed by atoms with Gasteiger partial charge in [0.1, 0.15) is 0 Å². The van der Waals surface area contributed by atoms with E-state index in [9.17, 15) is 9.59 Å². The summed E-state index contributed by atoms with van der Waals surface area (Å²) in [7, 11) is 0. The molecule has 88 valence electrons. The zero-order chi connectivity index (χ0) is 12.7. The molecule has 1 aromatic carbocycles. The van der Waals surface area contributed by atoms with Crippen molar-refractivity contribution in [3.8, 4) is 0 Å². The average Bonchev–Trinajstić information content (AvgIpc) is 2.31. The summed E-state index contributed by atoms with van der Waals surface area (Å²) < 4.78 is 4.82. The van der Waals surface area contributed by atoms with Crippen molar-refractivity contribution < 1.29 is 19.1 Å². The third kappa shape index (κ3) is 3.36. The topological polar surface area (TPSA) is 79.8 Å². The maximum atomic E-state index is 11.7. The fourth-order valence-electron chi connectivity index (χ4n) is 1.42. The Kier molecular flexibility index (Phi) is 4.78. The molecule has 17 heavy (non-hydrogen) atoms. The van der Waals surface area contributed by atoms with Crippen LogP contribution in [0.15, 0.2) is 30.3 Å². The molecule has 0 N–H and O–H groups in total. The van der Waals surface area contributed by atoms with E-state index in [0.717, 1.165) is 0 Å². The van der Waals surface area contributed by atoms with Gasteiger partial charge >= 0.3 is 12.2 Å². The van der Waals surface area contributed by atoms with Crippen molar-refractivity contribution in [2.24, 2.45) is 0 Å². The highest BCUT2D eigenvalue weighted by molar-refractivity contribution is 6.33. The Morgan fingerprint density at radius 2 is 2.06 bits per heavy atom. The van der Waals surface area contributed by atoms with Crippen molar-refractivity contribution in [2.45, 2.75) is 12.8 Å². The summed E-state index contributed by atoms with van der Waals surface area (Å²) in [5.41, 5.74) is 8.85. The van der Waals surface area contributed by atoms with E-state index >= 15 is 0 Å². The SMILES string of the molecule is CCOC(=O)C(C(=O)C=[N+]=[N-])c1ccccc1. The zero-order valence-corrected chi connectivity index (χ0v) is 9.37. The number of rotatable bonds is 5. The Morgan fingerprint density at radius 1 is 1.41 bits per heavy atom. The molecule has 0 saturated carbocycles. The van der Waals surface area contributed by atoms with Gasteiger partial charge in [0.15, 0.2) is 5.92 Å². The molecule has 0 aromatic heterocycles. The molecular formula is C12H12N2O3. The maximum absolute atomic E-state index is 11.7. The Labute approximate surface area is 98.6 Å². The van der Waals surface area contributed by atoms with Crippen molar-refractivity contribution in [3.05, 3.63) is 41.4 Å². The van der Waals surface area contributed by atoms with Crippen LogP contribution < -0.4 is 0 Å². The molecule has 0 aliphatic rings. The lowest BCUT2D eigenvalue weighted by atomic mass is 9.95. The van der Waals surface area contributed by atoms with E-state index in [1.165, 1.54) is 0 Å². The number of ether oxygens (including phenoxy) is 1. The molecule has 0 radical (unpaired) electrons. The Bertz CT molecular complexity index is 450. The number of hydrogen-bond donors (Lipinski definition) is 0. The van der Waals surface area contributed by atoms with E-state index in [0.29, 0.717) is 11.8 Å². The second-order valence-electron chi connectivity index (χ2n) is 3.24. The van der Waals surface area contributed by atoms with E-state index in [1.807, 2.05) is 0 Å². The Morgan fingerprint density at radius 3 is 2.59 bits per heavy atom. The molecule has 0 aliphatic carbocycles. The molecule has 1 rings (SSSR count). The first-order valence-corrected chi connectivity index (χ1v) is 5.13. The van der Waals surface area contributed by atoms with E-state index in [2.05, 4.69) is 4.79 Å². The largest absolute Gasteiger partial charge is 0.465 e. The van der Waals surface area contributed by atoms with Crippen LogP contribution >= 0.6 is 0 Å². The van der Waals surface area contributed by atoms with Crippen molar-refractivity contribution in [1.82, 2.24) is 0 Å². The van der Waals surface area contributed by atoms with Gasteiger partial charge in [-0.1, -0.05) is 30.3 Å². The predicted octanol–water partition coefficient (Wildman–Crippen LogP) is 1.20. The van der Waals surface area contributed by atoms with E-state index in [1.54, 1.807) is 37.3 Å². The molecule has 1 unspecified atom stereocenters. The monoisotopic (exact) mass is 232 g/mol. The summed E-state index contributed by atoms with van der Waals surface area (Å²) in [5, 5.41) is 0. The number of Topliss-reactive ketones (excluding diaryl/α,β-unsaturated/α-hetero) is 1. The number of carbonyl (C=O) groups is 2. The Balaban J connectivity index is 3.06. The van der Waals surface area contributed by atoms with Gasteiger partial charge in [0.2, 0.25) is 0 Å². The number of esters is 1. The number of hydrogen-bond acceptors (Lipinski definition) is 3. The molecular weight excluding hydrogens is 220 g/mol. The average molecular weight is 232 g/mol. The van der Waals surface area contributed by atoms with Gasteiger partial charge < -0.3 is 10.3 Å². The van der Waals surface area contributed by atoms with Crippen molar-refractivity contribution in [1.29, 1.82) is 0 Å². The number of nitrogens with zero attached hydrogens (tertiary/aromatic N) is 2. The van der Waals surface area contributed by atoms with E-state index in [4.69, 9.17) is 10.3 Å². The lowest BCUT2D eigenvalue weighted by molar-refractivity contribution is -0.147. The minimum atomic E-state index is -1.08. The van der Waals surface area contributed by atoms with Crippen molar-refractivity contribution >= 4 is 18.0 Å². The highest BCUT2D eigenvalue weighted by atomic mass is 16.5. The van der Waals surface area contributed by atoms with Crippen LogP contribution in [0.1, 0.15) is 18.4 Å². The van der Waals surface area contributed by atoms with Crippen LogP contribution in [0, 0.1) is 0 Å². The first-order chi connectivity index (χ1) is 8.20. The molecule has 0 spiro atoms. The normalized spacial score (nSPS) is 11.1. The van der Waals surface area contributed by atoms with Crippen LogP contribution in [0.3, 0.4) is 0 Å². The summed E-state index contributed by atoms with van der Waals surface area (Å²) >= 11 is 0. The zero-order valence-electron chi connectivity index (χ0n) is 9.37. The minimum absolute atomic E-state index is 0.186. The van der Waals surface area contributed by atoms with Gasteiger partial charge in [0.25, 0.3) is 5.78 Å². The second kappa shape index (κ2) is 6.35. The minimum Gasteiger partial charge on any atom is -0.465 e. The van der Waals surface area contributed by atoms with Crippen LogP contribution in [0.25, 0.3) is 5.53 Å². The molecule has 5 heteroatoms. The van der Waals surface area contributed by atoms with Gasteiger partial charge in [-0.25, -0.2) is 0 Å². The first kappa shape index (κ1) is 12.8. The summed E-state index contributed by atoms with van der Waals surface area (Å²) in [6.45, 7) is 1.84. The smallest absolute Gasteiger partial charge is 0.324 e. The van der Waals surface area contributed by atoms with Gasteiger partial charge in [-0.3, -0.25) is 9.59 Å². The quantitative estimate of drug-likeness (QED) is 0.251. The molecule has 5 nitrogen and oxygen atoms in total. The fourth-order valence-corrected chi connectivity index (χ4v) is 1.42. The van der Waals surface area contributed by atoms with Crippen LogP contribution in [-0.4, -0.2) is 29.4 Å². The lowest BCUT2D eigenvalue weighted by Crippen LogP contribution is -2.25. The van der Waals surface area contributed by atoms with Gasteiger partial charge in [-0.2, -0.15) is 4.79 Å². The van der Waals surface area contributed by atoms with E-state index in [-0.39, 0.29) is 6.61 Å². The molecule has 0 fully saturated rings. The van der Waals surface area contributed by atoms with Crippen LogP contribution in [0.2, 0.25) is 0 Å². The van der Waals surface area contributed by atoms with Crippen LogP contribution in [0.5, 0.6) is 0 Å². The van der Waals surface area contributed by atoms with Crippen molar-refractivity contribution in [2.75, 3.05) is 6.61 Å². The lowest BCUT2D eigenvalue weighted by Gasteiger charge is -2.10. The number of ketones is 1. The molecule has 1 atom stereocenters. The Hall–Kier alpha value is -2.26. The predicted molar refractivity (Wildman–Crippen MR) is 60.5 cm³/mol. The second-order valence-corrected chi connectivity index (χ2v) is 3.24. The maximum Gasteiger partial charge on any atom is 0.324 e. The molecule has 0 aliphatic heterocycles. The summed E-state index contributed by atoms with van der Waals surface area (Å²) in [6, 6.07) is 8.49. The van der Waals surface area contributed by atoms with Gasteiger partial charge in [0.05, 0.1) is 6.61 Å². The summed E-state index contributed by atoms with van der Waals surface area (Å²) in [6.07, 6.45) is 0.703. The van der Waals surface area contributed by atoms with Crippen LogP contribution in [-0.2, 0) is 14.3 Å². The third-order valence-electron chi connectivity index (χ3n) is 2.12. The molecule has 0 heterocycles. The molecule has 1 aromatic rings.